The third-order valence-corrected chi connectivity index (χ3v) is 3.88. The predicted octanol–water partition coefficient (Wildman–Crippen LogP) is 2.07. The highest BCUT2D eigenvalue weighted by atomic mass is 16.1. The van der Waals surface area contributed by atoms with Gasteiger partial charge in [0.15, 0.2) is 0 Å². The van der Waals surface area contributed by atoms with Crippen molar-refractivity contribution >= 4 is 5.91 Å². The highest BCUT2D eigenvalue weighted by Crippen LogP contribution is 2.28. The summed E-state index contributed by atoms with van der Waals surface area (Å²) in [7, 11) is 0. The van der Waals surface area contributed by atoms with Gasteiger partial charge in [-0.25, -0.2) is 0 Å². The van der Waals surface area contributed by atoms with Crippen LogP contribution < -0.4 is 10.6 Å². The van der Waals surface area contributed by atoms with E-state index in [4.69, 9.17) is 0 Å². The van der Waals surface area contributed by atoms with Crippen molar-refractivity contribution in [2.45, 2.75) is 71.5 Å². The van der Waals surface area contributed by atoms with Gasteiger partial charge in [-0.1, -0.05) is 0 Å². The van der Waals surface area contributed by atoms with Crippen LogP contribution in [-0.2, 0) is 0 Å². The van der Waals surface area contributed by atoms with Crippen molar-refractivity contribution in [1.82, 2.24) is 20.8 Å². The van der Waals surface area contributed by atoms with Crippen LogP contribution in [0.5, 0.6) is 0 Å². The third kappa shape index (κ3) is 3.20. The number of amides is 1. The van der Waals surface area contributed by atoms with Gasteiger partial charge in [-0.15, -0.1) is 0 Å². The molecule has 1 saturated heterocycles. The first-order valence-corrected chi connectivity index (χ1v) is 7.21. The lowest BCUT2D eigenvalue weighted by Gasteiger charge is -2.46. The maximum absolute atomic E-state index is 12.4. The summed E-state index contributed by atoms with van der Waals surface area (Å²) >= 11 is 0. The maximum atomic E-state index is 12.4. The van der Waals surface area contributed by atoms with Crippen LogP contribution in [0.3, 0.4) is 0 Å². The van der Waals surface area contributed by atoms with Gasteiger partial charge in [0.25, 0.3) is 5.91 Å². The molecule has 1 aromatic rings. The second-order valence-electron chi connectivity index (χ2n) is 7.28. The Labute approximate surface area is 120 Å². The fraction of sp³-hybridized carbons (Fsp3) is 0.733. The molecular formula is C15H26N4O. The number of carbonyl (C=O) groups is 1. The normalized spacial score (nSPS) is 21.7. The van der Waals surface area contributed by atoms with E-state index in [1.165, 1.54) is 0 Å². The van der Waals surface area contributed by atoms with Crippen LogP contribution in [0.15, 0.2) is 0 Å². The minimum atomic E-state index is -0.0211. The van der Waals surface area contributed by atoms with Crippen molar-refractivity contribution in [1.29, 1.82) is 0 Å². The van der Waals surface area contributed by atoms with Gasteiger partial charge in [-0.05, 0) is 54.4 Å². The Morgan fingerprint density at radius 1 is 1.20 bits per heavy atom. The highest BCUT2D eigenvalue weighted by Gasteiger charge is 2.38. The lowest BCUT2D eigenvalue weighted by atomic mass is 9.79. The molecule has 1 aliphatic heterocycles. The topological polar surface area (TPSA) is 69.8 Å². The lowest BCUT2D eigenvalue weighted by molar-refractivity contribution is 0.0872. The number of aromatic amines is 1. The molecule has 1 amide bonds. The molecule has 1 aliphatic rings. The summed E-state index contributed by atoms with van der Waals surface area (Å²) in [5, 5.41) is 13.8. The lowest BCUT2D eigenvalue weighted by Crippen LogP contribution is -2.62. The van der Waals surface area contributed by atoms with Crippen LogP contribution in [0.4, 0.5) is 0 Å². The number of H-pyrrole nitrogens is 1. The monoisotopic (exact) mass is 278 g/mol. The molecule has 0 unspecified atom stereocenters. The number of piperidine rings is 1. The molecule has 3 N–H and O–H groups in total. The second-order valence-corrected chi connectivity index (χ2v) is 7.28. The first kappa shape index (κ1) is 15.0. The summed E-state index contributed by atoms with van der Waals surface area (Å²) in [6.45, 7) is 12.5. The Hall–Kier alpha value is -1.36. The summed E-state index contributed by atoms with van der Waals surface area (Å²) < 4.78 is 0. The molecule has 2 heterocycles. The quantitative estimate of drug-likeness (QED) is 0.775. The van der Waals surface area contributed by atoms with Gasteiger partial charge < -0.3 is 10.6 Å². The smallest absolute Gasteiger partial charge is 0.255 e. The molecule has 0 radical (unpaired) electrons. The van der Waals surface area contributed by atoms with Crippen molar-refractivity contribution in [3.63, 3.8) is 0 Å². The number of rotatable bonds is 2. The average molecular weight is 278 g/mol. The van der Waals surface area contributed by atoms with E-state index in [1.54, 1.807) is 0 Å². The standard InChI is InChI=1S/C15H26N4O/c1-9-12(10(2)18-17-9)13(20)16-11-7-14(3,4)19-15(5,6)8-11/h11,19H,7-8H2,1-6H3,(H,16,20)(H,17,18). The van der Waals surface area contributed by atoms with Gasteiger partial charge in [0.2, 0.25) is 0 Å². The average Bonchev–Trinajstić information content (AvgIpc) is 2.53. The molecule has 20 heavy (non-hydrogen) atoms. The molecule has 0 bridgehead atoms. The number of hydrogen-bond donors (Lipinski definition) is 3. The predicted molar refractivity (Wildman–Crippen MR) is 79.8 cm³/mol. The number of carbonyl (C=O) groups excluding carboxylic acids is 1. The maximum Gasteiger partial charge on any atom is 0.255 e. The molecular weight excluding hydrogens is 252 g/mol. The fourth-order valence-corrected chi connectivity index (χ4v) is 3.57. The summed E-state index contributed by atoms with van der Waals surface area (Å²) in [6, 6.07) is 0.183. The minimum absolute atomic E-state index is 0.0211. The van der Waals surface area contributed by atoms with E-state index in [-0.39, 0.29) is 23.0 Å². The van der Waals surface area contributed by atoms with Gasteiger partial charge in [0, 0.05) is 22.8 Å². The van der Waals surface area contributed by atoms with E-state index in [2.05, 4.69) is 48.5 Å². The molecule has 0 saturated carbocycles. The number of aromatic nitrogens is 2. The fourth-order valence-electron chi connectivity index (χ4n) is 3.57. The minimum Gasteiger partial charge on any atom is -0.349 e. The summed E-state index contributed by atoms with van der Waals surface area (Å²) in [5.74, 6) is -0.0211. The van der Waals surface area contributed by atoms with E-state index in [0.717, 1.165) is 24.2 Å². The molecule has 1 fully saturated rings. The van der Waals surface area contributed by atoms with Crippen molar-refractivity contribution < 1.29 is 4.79 Å². The number of hydrogen-bond acceptors (Lipinski definition) is 3. The van der Waals surface area contributed by atoms with Gasteiger partial charge in [-0.2, -0.15) is 5.10 Å². The zero-order chi connectivity index (χ0) is 15.1. The second kappa shape index (κ2) is 4.88. The van der Waals surface area contributed by atoms with Crippen LogP contribution in [-0.4, -0.2) is 33.2 Å². The molecule has 0 aliphatic carbocycles. The molecule has 112 valence electrons. The third-order valence-electron chi connectivity index (χ3n) is 3.88. The summed E-state index contributed by atoms with van der Waals surface area (Å²) in [6.07, 6.45) is 1.86. The molecule has 0 atom stereocenters. The molecule has 0 spiro atoms. The van der Waals surface area contributed by atoms with E-state index in [9.17, 15) is 4.79 Å². The van der Waals surface area contributed by atoms with Crippen molar-refractivity contribution in [3.05, 3.63) is 17.0 Å². The van der Waals surface area contributed by atoms with Crippen LogP contribution in [0.1, 0.15) is 62.3 Å². The van der Waals surface area contributed by atoms with E-state index in [0.29, 0.717) is 5.56 Å². The van der Waals surface area contributed by atoms with Gasteiger partial charge in [0.1, 0.15) is 0 Å². The molecule has 1 aromatic heterocycles. The van der Waals surface area contributed by atoms with Crippen LogP contribution in [0.2, 0.25) is 0 Å². The molecule has 5 heteroatoms. The van der Waals surface area contributed by atoms with Gasteiger partial charge in [-0.3, -0.25) is 9.89 Å². The number of nitrogens with zero attached hydrogens (tertiary/aromatic N) is 1. The molecule has 2 rings (SSSR count). The van der Waals surface area contributed by atoms with Crippen molar-refractivity contribution in [2.24, 2.45) is 0 Å². The summed E-state index contributed by atoms with van der Waals surface area (Å²) in [5.41, 5.74) is 2.32. The number of nitrogens with one attached hydrogen (secondary N) is 3. The SMILES string of the molecule is Cc1n[nH]c(C)c1C(=O)NC1CC(C)(C)NC(C)(C)C1. The number of aryl methyl sites for hydroxylation is 2. The highest BCUT2D eigenvalue weighted by molar-refractivity contribution is 5.96. The Morgan fingerprint density at radius 2 is 1.75 bits per heavy atom. The Bertz CT molecular complexity index is 480. The van der Waals surface area contributed by atoms with Gasteiger partial charge >= 0.3 is 0 Å². The summed E-state index contributed by atoms with van der Waals surface area (Å²) in [4.78, 5) is 12.4. The van der Waals surface area contributed by atoms with E-state index < -0.39 is 0 Å². The van der Waals surface area contributed by atoms with Crippen LogP contribution >= 0.6 is 0 Å². The van der Waals surface area contributed by atoms with Crippen LogP contribution in [0, 0.1) is 13.8 Å². The molecule has 5 nitrogen and oxygen atoms in total. The van der Waals surface area contributed by atoms with Crippen LogP contribution in [0.25, 0.3) is 0 Å². The Morgan fingerprint density at radius 3 is 2.20 bits per heavy atom. The van der Waals surface area contributed by atoms with Gasteiger partial charge in [0.05, 0.1) is 11.3 Å². The molecule has 0 aromatic carbocycles. The largest absolute Gasteiger partial charge is 0.349 e. The first-order chi connectivity index (χ1) is 9.10. The zero-order valence-corrected chi connectivity index (χ0v) is 13.3. The first-order valence-electron chi connectivity index (χ1n) is 7.21. The van der Waals surface area contributed by atoms with E-state index >= 15 is 0 Å². The Balaban J connectivity index is 2.12. The Kier molecular flexibility index (Phi) is 3.67. The van der Waals surface area contributed by atoms with E-state index in [1.807, 2.05) is 13.8 Å². The van der Waals surface area contributed by atoms with Crippen molar-refractivity contribution in [2.75, 3.05) is 0 Å². The van der Waals surface area contributed by atoms with Crippen molar-refractivity contribution in [3.8, 4) is 0 Å². The zero-order valence-electron chi connectivity index (χ0n) is 13.3.